The van der Waals surface area contributed by atoms with Crippen LogP contribution in [-0.4, -0.2) is 77.5 Å². The van der Waals surface area contributed by atoms with Crippen molar-refractivity contribution in [2.45, 2.75) is 104 Å². The van der Waals surface area contributed by atoms with E-state index in [-0.39, 0.29) is 48.3 Å². The van der Waals surface area contributed by atoms with Crippen molar-refractivity contribution in [3.63, 3.8) is 0 Å². The Bertz CT molecular complexity index is 1500. The molecular weight excluding hydrogens is 634 g/mol. The minimum absolute atomic E-state index is 0.0315. The van der Waals surface area contributed by atoms with Crippen molar-refractivity contribution in [2.24, 2.45) is 28.6 Å². The second kappa shape index (κ2) is 16.0. The zero-order valence-corrected chi connectivity index (χ0v) is 30.1. The van der Waals surface area contributed by atoms with E-state index in [0.29, 0.717) is 12.1 Å². The van der Waals surface area contributed by atoms with Crippen LogP contribution in [0.2, 0.25) is 0 Å². The zero-order chi connectivity index (χ0) is 36.8. The van der Waals surface area contributed by atoms with Crippen LogP contribution in [0.4, 0.5) is 4.79 Å². The molecule has 3 aliphatic rings. The molecule has 50 heavy (non-hydrogen) atoms. The molecule has 1 heterocycles. The number of Topliss-reactive ketones (excluding diaryl/α,β-unsaturated/α-hetero) is 2. The maximum atomic E-state index is 14.5. The van der Waals surface area contributed by atoms with E-state index in [1.807, 2.05) is 40.7 Å². The molecular formula is C39H53N5O6. The van der Waals surface area contributed by atoms with Crippen molar-refractivity contribution in [2.75, 3.05) is 13.1 Å². The van der Waals surface area contributed by atoms with E-state index in [2.05, 4.69) is 33.8 Å². The van der Waals surface area contributed by atoms with Gasteiger partial charge < -0.3 is 26.2 Å². The van der Waals surface area contributed by atoms with E-state index in [0.717, 1.165) is 32.1 Å². The number of carbonyl (C=O) groups is 6. The molecule has 0 aromatic heterocycles. The van der Waals surface area contributed by atoms with Gasteiger partial charge in [-0.05, 0) is 47.8 Å². The van der Waals surface area contributed by atoms with Gasteiger partial charge in [-0.3, -0.25) is 24.0 Å². The quantitative estimate of drug-likeness (QED) is 0.101. The average molecular weight is 688 g/mol. The molecule has 5 amide bonds. The summed E-state index contributed by atoms with van der Waals surface area (Å²) in [5.74, 6) is -0.579. The van der Waals surface area contributed by atoms with Crippen molar-refractivity contribution < 1.29 is 28.8 Å². The summed E-state index contributed by atoms with van der Waals surface area (Å²) in [6, 6.07) is 4.36. The molecule has 4 N–H and O–H groups in total. The molecule has 1 aliphatic heterocycles. The van der Waals surface area contributed by atoms with Gasteiger partial charge in [0.2, 0.25) is 17.6 Å². The van der Waals surface area contributed by atoms with Crippen molar-refractivity contribution in [3.8, 4) is 12.3 Å². The van der Waals surface area contributed by atoms with Crippen molar-refractivity contribution in [1.29, 1.82) is 0 Å². The lowest BCUT2D eigenvalue weighted by Gasteiger charge is -2.38. The first kappa shape index (κ1) is 38.3. The van der Waals surface area contributed by atoms with Crippen molar-refractivity contribution in [1.82, 2.24) is 26.2 Å². The van der Waals surface area contributed by atoms with Gasteiger partial charge in [0, 0.05) is 25.1 Å². The molecule has 11 nitrogen and oxygen atoms in total. The maximum absolute atomic E-state index is 14.5. The SMILES string of the molecule is C#CCCC(NC(=O)[C@@H]1[C@@H]2[C@H](CN1C(=O)[C@@H](NC(=O)N[C@H](C(=O)c1ccccc1)C1CCCCC1)C(C)(C)C)C2(C)C)C(=O)C(=O)NCC=C. The molecule has 0 bridgehead atoms. The fourth-order valence-electron chi connectivity index (χ4n) is 7.75. The number of piperidine rings is 1. The summed E-state index contributed by atoms with van der Waals surface area (Å²) in [6.45, 7) is 13.5. The van der Waals surface area contributed by atoms with E-state index in [1.54, 1.807) is 24.3 Å². The van der Waals surface area contributed by atoms with Crippen LogP contribution in [0.25, 0.3) is 0 Å². The van der Waals surface area contributed by atoms with E-state index >= 15 is 0 Å². The second-order valence-corrected chi connectivity index (χ2v) is 15.6. The summed E-state index contributed by atoms with van der Waals surface area (Å²) in [5, 5.41) is 11.0. The normalized spacial score (nSPS) is 22.8. The van der Waals surface area contributed by atoms with Gasteiger partial charge in [-0.25, -0.2) is 4.79 Å². The standard InChI is InChI=1S/C39H53N5O6/c1-8-10-21-27(32(46)35(48)40-22-9-2)41-34(47)30-28-26(39(28,6)7)23-44(30)36(49)33(38(3,4)5)43-37(50)42-29(24-17-13-11-14-18-24)31(45)25-19-15-12-16-20-25/h1,9,12,15-16,19-20,24,26-30,33H,2,10-11,13-14,17-18,21-23H2,3-7H3,(H,40,48)(H,41,47)(H2,42,43,50)/t26-,27?,28-,29-,30-,33+/m0/s1. The monoisotopic (exact) mass is 687 g/mol. The largest absolute Gasteiger partial charge is 0.346 e. The highest BCUT2D eigenvalue weighted by Gasteiger charge is 2.70. The molecule has 0 spiro atoms. The van der Waals surface area contributed by atoms with Crippen LogP contribution in [0.3, 0.4) is 0 Å². The highest BCUT2D eigenvalue weighted by atomic mass is 16.2. The molecule has 1 unspecified atom stereocenters. The number of nitrogens with one attached hydrogen (secondary N) is 4. The second-order valence-electron chi connectivity index (χ2n) is 15.6. The van der Waals surface area contributed by atoms with Gasteiger partial charge in [-0.15, -0.1) is 18.9 Å². The fourth-order valence-corrected chi connectivity index (χ4v) is 7.75. The number of fused-ring (bicyclic) bond motifs is 1. The van der Waals surface area contributed by atoms with E-state index in [4.69, 9.17) is 6.42 Å². The molecule has 270 valence electrons. The van der Waals surface area contributed by atoms with Gasteiger partial charge in [0.05, 0.1) is 12.1 Å². The van der Waals surface area contributed by atoms with Crippen LogP contribution in [0.15, 0.2) is 43.0 Å². The molecule has 6 atom stereocenters. The zero-order valence-electron chi connectivity index (χ0n) is 30.1. The smallest absolute Gasteiger partial charge is 0.316 e. The maximum Gasteiger partial charge on any atom is 0.316 e. The number of rotatable bonds is 14. The van der Waals surface area contributed by atoms with Gasteiger partial charge in [-0.1, -0.05) is 90.3 Å². The van der Waals surface area contributed by atoms with Gasteiger partial charge in [0.25, 0.3) is 5.91 Å². The van der Waals surface area contributed by atoms with Crippen LogP contribution >= 0.6 is 0 Å². The molecule has 11 heteroatoms. The molecule has 2 saturated carbocycles. The molecule has 4 rings (SSSR count). The third-order valence-electron chi connectivity index (χ3n) is 10.7. The summed E-state index contributed by atoms with van der Waals surface area (Å²) >= 11 is 0. The number of amides is 5. The molecule has 0 radical (unpaired) electrons. The van der Waals surface area contributed by atoms with E-state index in [9.17, 15) is 28.8 Å². The summed E-state index contributed by atoms with van der Waals surface area (Å²) in [5.41, 5.74) is -0.488. The minimum atomic E-state index is -1.18. The Kier molecular flexibility index (Phi) is 12.3. The number of likely N-dealkylation sites (tertiary alicyclic amines) is 1. The van der Waals surface area contributed by atoms with Crippen LogP contribution < -0.4 is 21.3 Å². The van der Waals surface area contributed by atoms with Crippen LogP contribution in [0.1, 0.15) is 89.9 Å². The number of hydrogen-bond acceptors (Lipinski definition) is 6. The fraction of sp³-hybridized carbons (Fsp3) is 0.590. The Morgan fingerprint density at radius 1 is 1.02 bits per heavy atom. The summed E-state index contributed by atoms with van der Waals surface area (Å²) in [7, 11) is 0. The number of urea groups is 1. The molecule has 1 aromatic rings. The van der Waals surface area contributed by atoms with Crippen LogP contribution in [0, 0.1) is 40.9 Å². The average Bonchev–Trinajstić information content (AvgIpc) is 3.39. The predicted molar refractivity (Wildman–Crippen MR) is 191 cm³/mol. The first-order chi connectivity index (χ1) is 23.6. The van der Waals surface area contributed by atoms with Gasteiger partial charge in [0.15, 0.2) is 5.78 Å². The topological polar surface area (TPSA) is 154 Å². The van der Waals surface area contributed by atoms with Gasteiger partial charge in [0.1, 0.15) is 12.1 Å². The van der Waals surface area contributed by atoms with E-state index < -0.39 is 59.1 Å². The molecule has 1 aromatic carbocycles. The summed E-state index contributed by atoms with van der Waals surface area (Å²) in [4.78, 5) is 83.0. The molecule has 3 fully saturated rings. The lowest BCUT2D eigenvalue weighted by molar-refractivity contribution is -0.145. The lowest BCUT2D eigenvalue weighted by atomic mass is 9.81. The summed E-state index contributed by atoms with van der Waals surface area (Å²) in [6.07, 6.45) is 11.7. The Labute approximate surface area is 296 Å². The van der Waals surface area contributed by atoms with E-state index in [1.165, 1.54) is 11.0 Å². The van der Waals surface area contributed by atoms with Gasteiger partial charge in [-0.2, -0.15) is 0 Å². The molecule has 2 aliphatic carbocycles. The number of carbonyl (C=O) groups excluding carboxylic acids is 6. The Morgan fingerprint density at radius 2 is 1.68 bits per heavy atom. The van der Waals surface area contributed by atoms with Crippen molar-refractivity contribution in [3.05, 3.63) is 48.6 Å². The Hall–Kier alpha value is -4.46. The minimum Gasteiger partial charge on any atom is -0.346 e. The predicted octanol–water partition coefficient (Wildman–Crippen LogP) is 3.78. The Morgan fingerprint density at radius 3 is 2.28 bits per heavy atom. The van der Waals surface area contributed by atoms with Crippen LogP contribution in [0.5, 0.6) is 0 Å². The number of terminal acetylenes is 1. The number of hydrogen-bond donors (Lipinski definition) is 4. The number of benzene rings is 1. The first-order valence-corrected chi connectivity index (χ1v) is 17.8. The highest BCUT2D eigenvalue weighted by molar-refractivity contribution is 6.38. The van der Waals surface area contributed by atoms with Crippen molar-refractivity contribution >= 4 is 35.3 Å². The highest BCUT2D eigenvalue weighted by Crippen LogP contribution is 2.65. The Balaban J connectivity index is 1.55. The molecule has 1 saturated heterocycles. The third-order valence-corrected chi connectivity index (χ3v) is 10.7. The van der Waals surface area contributed by atoms with Gasteiger partial charge >= 0.3 is 6.03 Å². The lowest BCUT2D eigenvalue weighted by Crippen LogP contribution is -2.62. The number of nitrogens with zero attached hydrogens (tertiary/aromatic N) is 1. The first-order valence-electron chi connectivity index (χ1n) is 17.8. The number of ketones is 2. The summed E-state index contributed by atoms with van der Waals surface area (Å²) < 4.78 is 0. The third kappa shape index (κ3) is 8.63. The van der Waals surface area contributed by atoms with Crippen LogP contribution in [-0.2, 0) is 19.2 Å².